The summed E-state index contributed by atoms with van der Waals surface area (Å²) in [6.45, 7) is 5.24. The van der Waals surface area contributed by atoms with Crippen LogP contribution in [0.5, 0.6) is 0 Å². The Labute approximate surface area is 106 Å². The van der Waals surface area contributed by atoms with E-state index in [2.05, 4.69) is 0 Å². The summed E-state index contributed by atoms with van der Waals surface area (Å²) >= 11 is 0. The van der Waals surface area contributed by atoms with Crippen molar-refractivity contribution in [3.63, 3.8) is 0 Å². The second-order valence-electron chi connectivity index (χ2n) is 5.43. The molecule has 4 heteroatoms. The summed E-state index contributed by atoms with van der Waals surface area (Å²) in [7, 11) is 0. The summed E-state index contributed by atoms with van der Waals surface area (Å²) in [6.07, 6.45) is 0.989. The minimum absolute atomic E-state index is 0.0365. The maximum atomic E-state index is 13.5. The van der Waals surface area contributed by atoms with Crippen LogP contribution in [0.15, 0.2) is 12.1 Å². The quantitative estimate of drug-likeness (QED) is 0.872. The summed E-state index contributed by atoms with van der Waals surface area (Å²) in [5, 5.41) is 8.76. The highest BCUT2D eigenvalue weighted by atomic mass is 19.1. The highest BCUT2D eigenvalue weighted by Gasteiger charge is 2.22. The number of carboxylic acids is 1. The molecule has 2 nitrogen and oxygen atoms in total. The Morgan fingerprint density at radius 3 is 2.44 bits per heavy atom. The highest BCUT2D eigenvalue weighted by molar-refractivity contribution is 5.67. The fourth-order valence-electron chi connectivity index (χ4n) is 1.88. The Balaban J connectivity index is 2.74. The fourth-order valence-corrected chi connectivity index (χ4v) is 1.88. The molecule has 1 N–H and O–H groups in total. The van der Waals surface area contributed by atoms with Crippen molar-refractivity contribution < 1.29 is 18.7 Å². The van der Waals surface area contributed by atoms with Gasteiger partial charge in [-0.15, -0.1) is 0 Å². The van der Waals surface area contributed by atoms with Crippen LogP contribution >= 0.6 is 0 Å². The number of benzene rings is 1. The van der Waals surface area contributed by atoms with E-state index in [0.29, 0.717) is 24.0 Å². The average Bonchev–Trinajstić information content (AvgIpc) is 2.19. The van der Waals surface area contributed by atoms with Gasteiger partial charge in [0.15, 0.2) is 0 Å². The van der Waals surface area contributed by atoms with Crippen molar-refractivity contribution in [3.8, 4) is 0 Å². The molecule has 0 aliphatic rings. The van der Waals surface area contributed by atoms with Gasteiger partial charge in [-0.05, 0) is 36.3 Å². The molecule has 0 spiro atoms. The largest absolute Gasteiger partial charge is 0.481 e. The fraction of sp³-hybridized carbons (Fsp3) is 0.500. The van der Waals surface area contributed by atoms with Crippen molar-refractivity contribution in [2.45, 2.75) is 40.0 Å². The molecule has 1 rings (SSSR count). The zero-order valence-electron chi connectivity index (χ0n) is 10.9. The van der Waals surface area contributed by atoms with E-state index in [1.807, 2.05) is 13.8 Å². The Hall–Kier alpha value is -1.45. The van der Waals surface area contributed by atoms with E-state index < -0.39 is 23.0 Å². The minimum atomic E-state index is -0.865. The second kappa shape index (κ2) is 5.46. The molecule has 0 unspecified atom stereocenters. The van der Waals surface area contributed by atoms with Crippen molar-refractivity contribution in [2.24, 2.45) is 5.41 Å². The topological polar surface area (TPSA) is 37.3 Å². The number of rotatable bonds is 5. The molecule has 0 saturated carbocycles. The maximum Gasteiger partial charge on any atom is 0.303 e. The third kappa shape index (κ3) is 4.09. The third-order valence-electron chi connectivity index (χ3n) is 3.03. The van der Waals surface area contributed by atoms with Crippen LogP contribution < -0.4 is 0 Å². The summed E-state index contributed by atoms with van der Waals surface area (Å²) in [4.78, 5) is 10.7. The summed E-state index contributed by atoms with van der Waals surface area (Å²) < 4.78 is 26.6. The first-order valence-electron chi connectivity index (χ1n) is 5.87. The van der Waals surface area contributed by atoms with Crippen LogP contribution in [0, 0.1) is 24.0 Å². The predicted molar refractivity (Wildman–Crippen MR) is 65.4 cm³/mol. The number of hydrogen-bond donors (Lipinski definition) is 1. The molecular weight excluding hydrogens is 238 g/mol. The Bertz CT molecular complexity index is 453. The van der Waals surface area contributed by atoms with E-state index in [1.54, 1.807) is 6.92 Å². The second-order valence-corrected chi connectivity index (χ2v) is 5.43. The van der Waals surface area contributed by atoms with Gasteiger partial charge in [0.25, 0.3) is 0 Å². The molecule has 0 aromatic heterocycles. The van der Waals surface area contributed by atoms with Gasteiger partial charge in [-0.1, -0.05) is 19.9 Å². The molecule has 0 bridgehead atoms. The van der Waals surface area contributed by atoms with Crippen molar-refractivity contribution in [1.82, 2.24) is 0 Å². The van der Waals surface area contributed by atoms with Gasteiger partial charge in [0.05, 0.1) is 6.42 Å². The Kier molecular flexibility index (Phi) is 4.43. The van der Waals surface area contributed by atoms with Gasteiger partial charge in [0.1, 0.15) is 11.6 Å². The standard InChI is InChI=1S/C14H18F2O2/c1-9-6-10(12(16)7-11(9)15)4-5-14(2,3)8-13(17)18/h6-7H,4-5,8H2,1-3H3,(H,17,18). The van der Waals surface area contributed by atoms with Crippen molar-refractivity contribution in [1.29, 1.82) is 0 Å². The molecule has 0 saturated heterocycles. The van der Waals surface area contributed by atoms with Crippen LogP contribution in [0.25, 0.3) is 0 Å². The molecule has 1 aromatic carbocycles. The lowest BCUT2D eigenvalue weighted by atomic mass is 9.83. The Morgan fingerprint density at radius 1 is 1.28 bits per heavy atom. The lowest BCUT2D eigenvalue weighted by Gasteiger charge is -2.22. The molecule has 18 heavy (non-hydrogen) atoms. The first-order chi connectivity index (χ1) is 8.21. The predicted octanol–water partition coefficient (Wildman–Crippen LogP) is 3.71. The highest BCUT2D eigenvalue weighted by Crippen LogP contribution is 2.28. The van der Waals surface area contributed by atoms with E-state index in [-0.39, 0.29) is 6.42 Å². The first kappa shape index (κ1) is 14.6. The molecule has 0 radical (unpaired) electrons. The number of aryl methyl sites for hydroxylation is 2. The number of carbonyl (C=O) groups is 1. The molecule has 0 aliphatic carbocycles. The van der Waals surface area contributed by atoms with E-state index in [1.165, 1.54) is 6.07 Å². The molecule has 100 valence electrons. The third-order valence-corrected chi connectivity index (χ3v) is 3.03. The van der Waals surface area contributed by atoms with Gasteiger partial charge in [0, 0.05) is 6.07 Å². The van der Waals surface area contributed by atoms with Crippen molar-refractivity contribution >= 4 is 5.97 Å². The molecule has 0 fully saturated rings. The number of hydrogen-bond acceptors (Lipinski definition) is 1. The van der Waals surface area contributed by atoms with Gasteiger partial charge in [-0.2, -0.15) is 0 Å². The zero-order valence-corrected chi connectivity index (χ0v) is 10.9. The lowest BCUT2D eigenvalue weighted by Crippen LogP contribution is -2.18. The summed E-state index contributed by atoms with van der Waals surface area (Å²) in [5.74, 6) is -1.99. The average molecular weight is 256 g/mol. The molecule has 0 atom stereocenters. The molecular formula is C14H18F2O2. The van der Waals surface area contributed by atoms with Crippen LogP contribution in [-0.2, 0) is 11.2 Å². The van der Waals surface area contributed by atoms with Gasteiger partial charge in [0.2, 0.25) is 0 Å². The van der Waals surface area contributed by atoms with Gasteiger partial charge in [-0.3, -0.25) is 4.79 Å². The summed E-state index contributed by atoms with van der Waals surface area (Å²) in [6, 6.07) is 2.37. The van der Waals surface area contributed by atoms with E-state index >= 15 is 0 Å². The SMILES string of the molecule is Cc1cc(CCC(C)(C)CC(=O)O)c(F)cc1F. The number of halogens is 2. The lowest BCUT2D eigenvalue weighted by molar-refractivity contribution is -0.139. The first-order valence-corrected chi connectivity index (χ1v) is 5.87. The van der Waals surface area contributed by atoms with Gasteiger partial charge < -0.3 is 5.11 Å². The minimum Gasteiger partial charge on any atom is -0.481 e. The van der Waals surface area contributed by atoms with E-state index in [0.717, 1.165) is 6.07 Å². The molecule has 0 amide bonds. The van der Waals surface area contributed by atoms with E-state index in [4.69, 9.17) is 5.11 Å². The normalized spacial score (nSPS) is 11.6. The van der Waals surface area contributed by atoms with Crippen LogP contribution in [0.2, 0.25) is 0 Å². The van der Waals surface area contributed by atoms with Crippen LogP contribution in [0.4, 0.5) is 8.78 Å². The van der Waals surface area contributed by atoms with Crippen LogP contribution in [-0.4, -0.2) is 11.1 Å². The smallest absolute Gasteiger partial charge is 0.303 e. The maximum absolute atomic E-state index is 13.5. The molecule has 0 heterocycles. The molecule has 0 aliphatic heterocycles. The van der Waals surface area contributed by atoms with Crippen molar-refractivity contribution in [3.05, 3.63) is 34.9 Å². The van der Waals surface area contributed by atoms with Gasteiger partial charge >= 0.3 is 5.97 Å². The summed E-state index contributed by atoms with van der Waals surface area (Å²) in [5.41, 5.74) is 0.440. The van der Waals surface area contributed by atoms with Crippen LogP contribution in [0.1, 0.15) is 37.8 Å². The number of carboxylic acid groups (broad SMARTS) is 1. The zero-order chi connectivity index (χ0) is 13.9. The van der Waals surface area contributed by atoms with Gasteiger partial charge in [-0.25, -0.2) is 8.78 Å². The van der Waals surface area contributed by atoms with Crippen molar-refractivity contribution in [2.75, 3.05) is 0 Å². The molecule has 1 aromatic rings. The number of aliphatic carboxylic acids is 1. The van der Waals surface area contributed by atoms with Crippen LogP contribution in [0.3, 0.4) is 0 Å². The Morgan fingerprint density at radius 2 is 1.89 bits per heavy atom. The monoisotopic (exact) mass is 256 g/mol. The van der Waals surface area contributed by atoms with E-state index in [9.17, 15) is 13.6 Å².